The van der Waals surface area contributed by atoms with Gasteiger partial charge in [-0.15, -0.1) is 0 Å². The second kappa shape index (κ2) is 5.64. The number of hydrogen-bond acceptors (Lipinski definition) is 4. The maximum absolute atomic E-state index is 10.2. The molecule has 0 saturated heterocycles. The van der Waals surface area contributed by atoms with Crippen LogP contribution >= 0.6 is 0 Å². The van der Waals surface area contributed by atoms with Gasteiger partial charge in [0.2, 0.25) is 0 Å². The van der Waals surface area contributed by atoms with Crippen LogP contribution in [0.1, 0.15) is 12.0 Å². The second-order valence-corrected chi connectivity index (χ2v) is 2.81. The van der Waals surface area contributed by atoms with Gasteiger partial charge in [-0.3, -0.25) is 4.79 Å². The zero-order valence-corrected chi connectivity index (χ0v) is 7.96. The number of carbonyl (C=O) groups is 1. The van der Waals surface area contributed by atoms with Crippen molar-refractivity contribution >= 4 is 12.2 Å². The first kappa shape index (κ1) is 11.0. The highest BCUT2D eigenvalue weighted by molar-refractivity contribution is 5.79. The van der Waals surface area contributed by atoms with Gasteiger partial charge in [0.05, 0.1) is 19.2 Å². The Morgan fingerprint density at radius 3 is 2.60 bits per heavy atom. The summed E-state index contributed by atoms with van der Waals surface area (Å²) in [5.41, 5.74) is 0.739. The molecule has 5 heteroatoms. The molecule has 0 aliphatic carbocycles. The summed E-state index contributed by atoms with van der Waals surface area (Å²) in [7, 11) is 0. The van der Waals surface area contributed by atoms with Gasteiger partial charge in [0.1, 0.15) is 5.75 Å². The summed E-state index contributed by atoms with van der Waals surface area (Å²) in [6.07, 6.45) is 1.26. The molecule has 0 aliphatic heterocycles. The van der Waals surface area contributed by atoms with E-state index >= 15 is 0 Å². The molecule has 1 rings (SSSR count). The normalized spacial score (nSPS) is 10.4. The van der Waals surface area contributed by atoms with Crippen LogP contribution in [-0.4, -0.2) is 29.1 Å². The number of nitrogens with zero attached hydrogens (tertiary/aromatic N) is 1. The van der Waals surface area contributed by atoms with Crippen LogP contribution in [0.5, 0.6) is 5.75 Å². The predicted octanol–water partition coefficient (Wildman–Crippen LogP) is 1.35. The summed E-state index contributed by atoms with van der Waals surface area (Å²) in [5.74, 6) is -0.301. The first-order valence-electron chi connectivity index (χ1n) is 4.34. The summed E-state index contributed by atoms with van der Waals surface area (Å²) < 4.78 is 5.16. The van der Waals surface area contributed by atoms with Crippen molar-refractivity contribution in [1.82, 2.24) is 0 Å². The lowest BCUT2D eigenvalue weighted by atomic mass is 10.2. The molecule has 80 valence electrons. The van der Waals surface area contributed by atoms with Crippen molar-refractivity contribution in [3.8, 4) is 5.75 Å². The largest absolute Gasteiger partial charge is 0.493 e. The molecule has 1 aromatic rings. The van der Waals surface area contributed by atoms with E-state index in [0.717, 1.165) is 5.56 Å². The Morgan fingerprint density at radius 2 is 2.07 bits per heavy atom. The minimum Gasteiger partial charge on any atom is -0.493 e. The lowest BCUT2D eigenvalue weighted by Gasteiger charge is -2.03. The summed E-state index contributed by atoms with van der Waals surface area (Å²) in [6.45, 7) is 0.142. The zero-order valence-electron chi connectivity index (χ0n) is 7.96. The average molecular weight is 209 g/mol. The predicted molar refractivity (Wildman–Crippen MR) is 53.6 cm³/mol. The quantitative estimate of drug-likeness (QED) is 0.436. The van der Waals surface area contributed by atoms with Crippen LogP contribution in [0.15, 0.2) is 29.4 Å². The second-order valence-electron chi connectivity index (χ2n) is 2.81. The third-order valence-electron chi connectivity index (χ3n) is 1.67. The minimum atomic E-state index is -0.890. The molecule has 0 radical (unpaired) electrons. The minimum absolute atomic E-state index is 0.0279. The third-order valence-corrected chi connectivity index (χ3v) is 1.67. The highest BCUT2D eigenvalue weighted by Crippen LogP contribution is 2.11. The molecule has 0 fully saturated rings. The molecular formula is C10H11NO4. The number of oxime groups is 1. The van der Waals surface area contributed by atoms with Gasteiger partial charge in [0, 0.05) is 0 Å². The Morgan fingerprint density at radius 1 is 1.40 bits per heavy atom. The van der Waals surface area contributed by atoms with Crippen molar-refractivity contribution < 1.29 is 19.8 Å². The maximum atomic E-state index is 10.2. The molecule has 0 saturated carbocycles. The fraction of sp³-hybridized carbons (Fsp3) is 0.200. The van der Waals surface area contributed by atoms with Gasteiger partial charge in [-0.25, -0.2) is 0 Å². The summed E-state index contributed by atoms with van der Waals surface area (Å²) in [6, 6.07) is 6.77. The maximum Gasteiger partial charge on any atom is 0.306 e. The number of rotatable bonds is 5. The molecule has 0 atom stereocenters. The highest BCUT2D eigenvalue weighted by atomic mass is 16.5. The van der Waals surface area contributed by atoms with E-state index in [-0.39, 0.29) is 13.0 Å². The molecule has 15 heavy (non-hydrogen) atoms. The van der Waals surface area contributed by atoms with Crippen LogP contribution in [-0.2, 0) is 4.79 Å². The Labute approximate surface area is 86.6 Å². The van der Waals surface area contributed by atoms with Crippen LogP contribution in [0.25, 0.3) is 0 Å². The molecule has 5 nitrogen and oxygen atoms in total. The lowest BCUT2D eigenvalue weighted by molar-refractivity contribution is -0.137. The molecule has 0 spiro atoms. The van der Waals surface area contributed by atoms with Crippen molar-refractivity contribution in [2.24, 2.45) is 5.16 Å². The molecule has 0 aromatic heterocycles. The molecule has 1 aromatic carbocycles. The van der Waals surface area contributed by atoms with Gasteiger partial charge in [-0.2, -0.15) is 0 Å². The van der Waals surface area contributed by atoms with Gasteiger partial charge >= 0.3 is 5.97 Å². The fourth-order valence-electron chi connectivity index (χ4n) is 0.973. The van der Waals surface area contributed by atoms with Gasteiger partial charge in [0.15, 0.2) is 0 Å². The van der Waals surface area contributed by atoms with Gasteiger partial charge in [-0.05, 0) is 29.8 Å². The van der Waals surface area contributed by atoms with Crippen molar-refractivity contribution in [1.29, 1.82) is 0 Å². The van der Waals surface area contributed by atoms with E-state index in [4.69, 9.17) is 15.1 Å². The van der Waals surface area contributed by atoms with Crippen LogP contribution < -0.4 is 4.74 Å². The number of benzene rings is 1. The standard InChI is InChI=1S/C10H11NO4/c12-10(13)5-6-15-9-3-1-8(2-4-9)7-11-14/h1-4,7,14H,5-6H2,(H,12,13). The highest BCUT2D eigenvalue weighted by Gasteiger charge is 1.98. The van der Waals surface area contributed by atoms with E-state index in [9.17, 15) is 4.79 Å². The van der Waals surface area contributed by atoms with Crippen molar-refractivity contribution in [2.75, 3.05) is 6.61 Å². The number of ether oxygens (including phenoxy) is 1. The van der Waals surface area contributed by atoms with Crippen molar-refractivity contribution in [3.63, 3.8) is 0 Å². The van der Waals surface area contributed by atoms with E-state index in [1.807, 2.05) is 0 Å². The Kier molecular flexibility index (Phi) is 4.15. The van der Waals surface area contributed by atoms with Crippen LogP contribution in [0.3, 0.4) is 0 Å². The Balaban J connectivity index is 2.46. The smallest absolute Gasteiger partial charge is 0.306 e. The SMILES string of the molecule is O=C(O)CCOc1ccc(C=NO)cc1. The van der Waals surface area contributed by atoms with Crippen LogP contribution in [0.2, 0.25) is 0 Å². The van der Waals surface area contributed by atoms with Crippen LogP contribution in [0.4, 0.5) is 0 Å². The number of hydrogen-bond donors (Lipinski definition) is 2. The lowest BCUT2D eigenvalue weighted by Crippen LogP contribution is -2.04. The molecule has 0 aliphatic rings. The summed E-state index contributed by atoms with van der Waals surface area (Å²) >= 11 is 0. The Hall–Kier alpha value is -2.04. The molecule has 0 amide bonds. The molecule has 0 bridgehead atoms. The van der Waals surface area contributed by atoms with E-state index in [1.54, 1.807) is 24.3 Å². The number of aliphatic carboxylic acids is 1. The first-order chi connectivity index (χ1) is 7.22. The topological polar surface area (TPSA) is 79.1 Å². The molecule has 2 N–H and O–H groups in total. The summed E-state index contributed by atoms with van der Waals surface area (Å²) in [5, 5.41) is 19.5. The molecule has 0 unspecified atom stereocenters. The Bertz CT molecular complexity index is 345. The summed E-state index contributed by atoms with van der Waals surface area (Å²) in [4.78, 5) is 10.2. The van der Waals surface area contributed by atoms with Gasteiger partial charge < -0.3 is 15.1 Å². The first-order valence-corrected chi connectivity index (χ1v) is 4.34. The van der Waals surface area contributed by atoms with Gasteiger partial charge in [-0.1, -0.05) is 5.16 Å². The van der Waals surface area contributed by atoms with E-state index in [1.165, 1.54) is 6.21 Å². The average Bonchev–Trinajstić information content (AvgIpc) is 2.20. The van der Waals surface area contributed by atoms with Gasteiger partial charge in [0.25, 0.3) is 0 Å². The number of carboxylic acid groups (broad SMARTS) is 1. The van der Waals surface area contributed by atoms with Crippen molar-refractivity contribution in [2.45, 2.75) is 6.42 Å². The van der Waals surface area contributed by atoms with Crippen molar-refractivity contribution in [3.05, 3.63) is 29.8 Å². The fourth-order valence-corrected chi connectivity index (χ4v) is 0.973. The van der Waals surface area contributed by atoms with E-state index < -0.39 is 5.97 Å². The third kappa shape index (κ3) is 4.12. The molecular weight excluding hydrogens is 198 g/mol. The monoisotopic (exact) mass is 209 g/mol. The van der Waals surface area contributed by atoms with Crippen LogP contribution in [0, 0.1) is 0 Å². The van der Waals surface area contributed by atoms with E-state index in [0.29, 0.717) is 5.75 Å². The zero-order chi connectivity index (χ0) is 11.1. The number of carboxylic acids is 1. The molecule has 0 heterocycles. The van der Waals surface area contributed by atoms with E-state index in [2.05, 4.69) is 5.16 Å².